The van der Waals surface area contributed by atoms with E-state index >= 15 is 0 Å². The molecule has 0 amide bonds. The second-order valence-corrected chi connectivity index (χ2v) is 6.30. The highest BCUT2D eigenvalue weighted by Crippen LogP contribution is 2.18. The zero-order chi connectivity index (χ0) is 13.8. The van der Waals surface area contributed by atoms with Crippen LogP contribution in [0.4, 0.5) is 0 Å². The Hall–Kier alpha value is -1.08. The number of carbonyl (C=O) groups is 1. The summed E-state index contributed by atoms with van der Waals surface area (Å²) >= 11 is 1.70. The number of aromatic nitrogens is 3. The summed E-state index contributed by atoms with van der Waals surface area (Å²) in [7, 11) is 0. The van der Waals surface area contributed by atoms with E-state index in [1.807, 2.05) is 9.58 Å². The van der Waals surface area contributed by atoms with E-state index < -0.39 is 12.0 Å². The quantitative estimate of drug-likeness (QED) is 0.867. The number of carboxylic acid groups (broad SMARTS) is 1. The van der Waals surface area contributed by atoms with Crippen LogP contribution in [0.1, 0.15) is 19.7 Å². The van der Waals surface area contributed by atoms with Gasteiger partial charge < -0.3 is 5.11 Å². The Bertz CT molecular complexity index is 435. The average molecular weight is 284 g/mol. The van der Waals surface area contributed by atoms with Crippen LogP contribution in [0.15, 0.2) is 6.33 Å². The van der Waals surface area contributed by atoms with Crippen LogP contribution in [-0.2, 0) is 17.9 Å². The highest BCUT2D eigenvalue weighted by molar-refractivity contribution is 7.99. The highest BCUT2D eigenvalue weighted by Gasteiger charge is 2.29. The van der Waals surface area contributed by atoms with Crippen molar-refractivity contribution in [3.8, 4) is 0 Å². The Labute approximate surface area is 117 Å². The van der Waals surface area contributed by atoms with Gasteiger partial charge in [-0.05, 0) is 5.92 Å². The Morgan fingerprint density at radius 3 is 3.11 bits per heavy atom. The fourth-order valence-electron chi connectivity index (χ4n) is 2.15. The van der Waals surface area contributed by atoms with Crippen molar-refractivity contribution < 1.29 is 9.90 Å². The Balaban J connectivity index is 2.06. The molecule has 0 radical (unpaired) electrons. The fourth-order valence-corrected chi connectivity index (χ4v) is 3.25. The summed E-state index contributed by atoms with van der Waals surface area (Å²) in [5.41, 5.74) is 0. The second kappa shape index (κ2) is 6.38. The SMILES string of the molecule is CC(C)Cn1ncnc1CN1CCSCC1C(=O)O. The third-order valence-electron chi connectivity index (χ3n) is 3.10. The molecule has 1 aromatic rings. The summed E-state index contributed by atoms with van der Waals surface area (Å²) in [5.74, 6) is 2.22. The number of hydrogen-bond donors (Lipinski definition) is 1. The van der Waals surface area contributed by atoms with Gasteiger partial charge in [-0.15, -0.1) is 0 Å². The molecule has 0 aliphatic carbocycles. The zero-order valence-electron chi connectivity index (χ0n) is 11.3. The maximum atomic E-state index is 11.3. The van der Waals surface area contributed by atoms with Gasteiger partial charge >= 0.3 is 5.97 Å². The molecule has 1 aromatic heterocycles. The van der Waals surface area contributed by atoms with E-state index in [-0.39, 0.29) is 0 Å². The van der Waals surface area contributed by atoms with Crippen molar-refractivity contribution in [2.45, 2.75) is 33.0 Å². The summed E-state index contributed by atoms with van der Waals surface area (Å²) in [6.45, 7) is 6.42. The van der Waals surface area contributed by atoms with E-state index in [0.29, 0.717) is 18.2 Å². The lowest BCUT2D eigenvalue weighted by Crippen LogP contribution is -2.47. The predicted octanol–water partition coefficient (Wildman–Crippen LogP) is 0.936. The van der Waals surface area contributed by atoms with E-state index in [0.717, 1.165) is 24.7 Å². The first kappa shape index (κ1) is 14.3. The van der Waals surface area contributed by atoms with Gasteiger partial charge in [-0.25, -0.2) is 9.67 Å². The van der Waals surface area contributed by atoms with Crippen molar-refractivity contribution in [3.05, 3.63) is 12.2 Å². The van der Waals surface area contributed by atoms with Crippen LogP contribution in [-0.4, -0.2) is 54.8 Å². The third kappa shape index (κ3) is 3.70. The number of carboxylic acids is 1. The van der Waals surface area contributed by atoms with E-state index in [9.17, 15) is 9.90 Å². The molecule has 1 N–H and O–H groups in total. The van der Waals surface area contributed by atoms with Crippen molar-refractivity contribution in [1.82, 2.24) is 19.7 Å². The summed E-state index contributed by atoms with van der Waals surface area (Å²) in [5, 5.41) is 13.5. The normalized spacial score (nSPS) is 20.9. The molecular weight excluding hydrogens is 264 g/mol. The average Bonchev–Trinajstić information content (AvgIpc) is 2.76. The summed E-state index contributed by atoms with van der Waals surface area (Å²) < 4.78 is 1.88. The summed E-state index contributed by atoms with van der Waals surface area (Å²) in [6.07, 6.45) is 1.55. The van der Waals surface area contributed by atoms with Crippen molar-refractivity contribution in [3.63, 3.8) is 0 Å². The molecule has 7 heteroatoms. The second-order valence-electron chi connectivity index (χ2n) is 5.15. The fraction of sp³-hybridized carbons (Fsp3) is 0.750. The molecule has 0 bridgehead atoms. The van der Waals surface area contributed by atoms with Gasteiger partial charge in [-0.2, -0.15) is 16.9 Å². The van der Waals surface area contributed by atoms with Crippen LogP contribution in [0.25, 0.3) is 0 Å². The lowest BCUT2D eigenvalue weighted by atomic mass is 10.2. The van der Waals surface area contributed by atoms with Gasteiger partial charge in [-0.3, -0.25) is 9.69 Å². The Morgan fingerprint density at radius 1 is 1.63 bits per heavy atom. The Morgan fingerprint density at radius 2 is 2.42 bits per heavy atom. The lowest BCUT2D eigenvalue weighted by molar-refractivity contribution is -0.142. The van der Waals surface area contributed by atoms with Gasteiger partial charge in [0, 0.05) is 24.6 Å². The molecule has 2 rings (SSSR count). The number of aliphatic carboxylic acids is 1. The van der Waals surface area contributed by atoms with Crippen molar-refractivity contribution in [2.75, 3.05) is 18.1 Å². The summed E-state index contributed by atoms with van der Waals surface area (Å²) in [4.78, 5) is 17.5. The number of rotatable bonds is 5. The molecule has 0 saturated carbocycles. The maximum absolute atomic E-state index is 11.3. The molecule has 1 fully saturated rings. The largest absolute Gasteiger partial charge is 0.480 e. The van der Waals surface area contributed by atoms with Crippen LogP contribution in [0.3, 0.4) is 0 Å². The minimum atomic E-state index is -0.748. The van der Waals surface area contributed by atoms with Gasteiger partial charge in [0.15, 0.2) is 0 Å². The van der Waals surface area contributed by atoms with Crippen molar-refractivity contribution in [2.24, 2.45) is 5.92 Å². The number of nitrogens with zero attached hydrogens (tertiary/aromatic N) is 4. The van der Waals surface area contributed by atoms with Gasteiger partial charge in [-0.1, -0.05) is 13.8 Å². The molecule has 1 aliphatic heterocycles. The lowest BCUT2D eigenvalue weighted by Gasteiger charge is -2.32. The van der Waals surface area contributed by atoms with E-state index in [2.05, 4.69) is 23.9 Å². The molecule has 106 valence electrons. The molecule has 1 atom stereocenters. The van der Waals surface area contributed by atoms with E-state index in [1.165, 1.54) is 0 Å². The van der Waals surface area contributed by atoms with Gasteiger partial charge in [0.1, 0.15) is 18.2 Å². The van der Waals surface area contributed by atoms with Crippen LogP contribution < -0.4 is 0 Å². The Kier molecular flexibility index (Phi) is 4.81. The molecule has 0 spiro atoms. The third-order valence-corrected chi connectivity index (χ3v) is 4.13. The minimum absolute atomic E-state index is 0.414. The first-order valence-corrected chi connectivity index (χ1v) is 7.64. The minimum Gasteiger partial charge on any atom is -0.480 e. The smallest absolute Gasteiger partial charge is 0.321 e. The van der Waals surface area contributed by atoms with E-state index in [1.54, 1.807) is 18.1 Å². The zero-order valence-corrected chi connectivity index (χ0v) is 12.1. The first-order chi connectivity index (χ1) is 9.08. The molecular formula is C12H20N4O2S. The molecule has 19 heavy (non-hydrogen) atoms. The monoisotopic (exact) mass is 284 g/mol. The molecule has 0 aromatic carbocycles. The van der Waals surface area contributed by atoms with E-state index in [4.69, 9.17) is 0 Å². The predicted molar refractivity (Wildman–Crippen MR) is 74.0 cm³/mol. The molecule has 1 unspecified atom stereocenters. The van der Waals surface area contributed by atoms with Crippen LogP contribution in [0.5, 0.6) is 0 Å². The standard InChI is InChI=1S/C12H20N4O2S/c1-9(2)5-16-11(13-8-14-16)6-15-3-4-19-7-10(15)12(17)18/h8-10H,3-7H2,1-2H3,(H,17,18). The molecule has 6 nitrogen and oxygen atoms in total. The number of hydrogen-bond acceptors (Lipinski definition) is 5. The molecule has 1 aliphatic rings. The highest BCUT2D eigenvalue weighted by atomic mass is 32.2. The van der Waals surface area contributed by atoms with Crippen molar-refractivity contribution in [1.29, 1.82) is 0 Å². The maximum Gasteiger partial charge on any atom is 0.321 e. The van der Waals surface area contributed by atoms with Crippen LogP contribution in [0.2, 0.25) is 0 Å². The van der Waals surface area contributed by atoms with Crippen LogP contribution in [0, 0.1) is 5.92 Å². The van der Waals surface area contributed by atoms with Gasteiger partial charge in [0.25, 0.3) is 0 Å². The van der Waals surface area contributed by atoms with Gasteiger partial charge in [0.2, 0.25) is 0 Å². The summed E-state index contributed by atoms with van der Waals surface area (Å²) in [6, 6.07) is -0.414. The number of thioether (sulfide) groups is 1. The topological polar surface area (TPSA) is 71.2 Å². The van der Waals surface area contributed by atoms with Crippen molar-refractivity contribution >= 4 is 17.7 Å². The molecule has 1 saturated heterocycles. The molecule has 2 heterocycles. The van der Waals surface area contributed by atoms with Gasteiger partial charge in [0.05, 0.1) is 6.54 Å². The first-order valence-electron chi connectivity index (χ1n) is 6.49. The van der Waals surface area contributed by atoms with Crippen LogP contribution >= 0.6 is 11.8 Å².